The van der Waals surface area contributed by atoms with Gasteiger partial charge in [0.05, 0.1) is 15.7 Å². The van der Waals surface area contributed by atoms with Crippen LogP contribution in [0.4, 0.5) is 5.69 Å². The van der Waals surface area contributed by atoms with Crippen molar-refractivity contribution in [3.63, 3.8) is 0 Å². The summed E-state index contributed by atoms with van der Waals surface area (Å²) in [6, 6.07) is 5.75. The second-order valence-electron chi connectivity index (χ2n) is 3.68. The molecule has 1 saturated heterocycles. The van der Waals surface area contributed by atoms with Crippen LogP contribution in [0.25, 0.3) is 0 Å². The zero-order chi connectivity index (χ0) is 10.8. The molecular formula is C11H13Cl2N2. The summed E-state index contributed by atoms with van der Waals surface area (Å²) in [5.41, 5.74) is 1.03. The SMILES string of the molecule is [CH2]N1CCN(c2cccc(Cl)c2Cl)CC1. The normalized spacial score (nSPS) is 18.2. The van der Waals surface area contributed by atoms with Gasteiger partial charge in [0.15, 0.2) is 0 Å². The van der Waals surface area contributed by atoms with Crippen molar-refractivity contribution < 1.29 is 0 Å². The van der Waals surface area contributed by atoms with Crippen LogP contribution < -0.4 is 4.90 Å². The Morgan fingerprint density at radius 3 is 2.40 bits per heavy atom. The predicted molar refractivity (Wildman–Crippen MR) is 65.6 cm³/mol. The van der Waals surface area contributed by atoms with Gasteiger partial charge in [0.1, 0.15) is 0 Å². The third kappa shape index (κ3) is 2.39. The van der Waals surface area contributed by atoms with Gasteiger partial charge in [-0.2, -0.15) is 0 Å². The maximum Gasteiger partial charge on any atom is 0.0825 e. The minimum absolute atomic E-state index is 0.617. The Bertz CT molecular complexity index is 346. The molecule has 0 aromatic heterocycles. The highest BCUT2D eigenvalue weighted by Crippen LogP contribution is 2.32. The molecule has 4 heteroatoms. The second kappa shape index (κ2) is 4.60. The number of rotatable bonds is 1. The molecule has 15 heavy (non-hydrogen) atoms. The van der Waals surface area contributed by atoms with Gasteiger partial charge in [0.25, 0.3) is 0 Å². The van der Waals surface area contributed by atoms with Gasteiger partial charge in [0.2, 0.25) is 0 Å². The summed E-state index contributed by atoms with van der Waals surface area (Å²) in [6.07, 6.45) is 0. The molecule has 0 amide bonds. The van der Waals surface area contributed by atoms with Crippen molar-refractivity contribution in [3.8, 4) is 0 Å². The van der Waals surface area contributed by atoms with Gasteiger partial charge >= 0.3 is 0 Å². The molecule has 0 aliphatic carbocycles. The molecule has 1 aliphatic rings. The van der Waals surface area contributed by atoms with Gasteiger partial charge in [-0.25, -0.2) is 0 Å². The van der Waals surface area contributed by atoms with E-state index in [4.69, 9.17) is 23.2 Å². The molecule has 2 rings (SSSR count). The number of nitrogens with zero attached hydrogens (tertiary/aromatic N) is 2. The van der Waals surface area contributed by atoms with E-state index in [-0.39, 0.29) is 0 Å². The van der Waals surface area contributed by atoms with E-state index in [9.17, 15) is 0 Å². The van der Waals surface area contributed by atoms with Crippen LogP contribution in [-0.2, 0) is 0 Å². The van der Waals surface area contributed by atoms with Crippen LogP contribution in [0.1, 0.15) is 0 Å². The average molecular weight is 244 g/mol. The average Bonchev–Trinajstić information content (AvgIpc) is 2.24. The molecule has 1 aromatic rings. The Labute approximate surface area is 100 Å². The highest BCUT2D eigenvalue weighted by Gasteiger charge is 2.17. The Morgan fingerprint density at radius 2 is 1.73 bits per heavy atom. The van der Waals surface area contributed by atoms with Crippen molar-refractivity contribution in [1.29, 1.82) is 0 Å². The first-order chi connectivity index (χ1) is 7.18. The largest absolute Gasteiger partial charge is 0.368 e. The molecule has 0 atom stereocenters. The minimum atomic E-state index is 0.617. The second-order valence-corrected chi connectivity index (χ2v) is 4.46. The number of hydrogen-bond acceptors (Lipinski definition) is 2. The van der Waals surface area contributed by atoms with Crippen molar-refractivity contribution in [2.75, 3.05) is 31.1 Å². The van der Waals surface area contributed by atoms with Gasteiger partial charge in [0, 0.05) is 33.2 Å². The third-order valence-electron chi connectivity index (χ3n) is 2.64. The van der Waals surface area contributed by atoms with Crippen LogP contribution in [0.2, 0.25) is 10.0 Å². The lowest BCUT2D eigenvalue weighted by atomic mass is 10.2. The summed E-state index contributed by atoms with van der Waals surface area (Å²) in [5.74, 6) is 0. The van der Waals surface area contributed by atoms with Crippen LogP contribution in [0, 0.1) is 7.05 Å². The summed E-state index contributed by atoms with van der Waals surface area (Å²) in [6.45, 7) is 3.82. The van der Waals surface area contributed by atoms with Crippen molar-refractivity contribution >= 4 is 28.9 Å². The first-order valence-electron chi connectivity index (χ1n) is 4.93. The van der Waals surface area contributed by atoms with E-state index < -0.39 is 0 Å². The first kappa shape index (κ1) is 11.1. The summed E-state index contributed by atoms with van der Waals surface area (Å²) in [7, 11) is 3.91. The quantitative estimate of drug-likeness (QED) is 0.749. The van der Waals surface area contributed by atoms with Crippen molar-refractivity contribution in [1.82, 2.24) is 4.90 Å². The summed E-state index contributed by atoms with van der Waals surface area (Å²) < 4.78 is 0. The van der Waals surface area contributed by atoms with Crippen LogP contribution in [-0.4, -0.2) is 31.1 Å². The number of benzene rings is 1. The topological polar surface area (TPSA) is 6.48 Å². The molecule has 1 aliphatic heterocycles. The molecule has 1 heterocycles. The Balaban J connectivity index is 2.19. The number of halogens is 2. The summed E-state index contributed by atoms with van der Waals surface area (Å²) in [4.78, 5) is 4.31. The lowest BCUT2D eigenvalue weighted by Crippen LogP contribution is -2.43. The van der Waals surface area contributed by atoms with E-state index in [1.165, 1.54) is 0 Å². The molecule has 0 spiro atoms. The molecule has 0 saturated carbocycles. The van der Waals surface area contributed by atoms with E-state index in [1.807, 2.05) is 18.2 Å². The minimum Gasteiger partial charge on any atom is -0.368 e. The Hall–Kier alpha value is -0.440. The van der Waals surface area contributed by atoms with E-state index >= 15 is 0 Å². The van der Waals surface area contributed by atoms with E-state index in [0.29, 0.717) is 10.0 Å². The zero-order valence-electron chi connectivity index (χ0n) is 8.42. The lowest BCUT2D eigenvalue weighted by molar-refractivity contribution is 0.344. The molecule has 1 fully saturated rings. The molecule has 1 radical (unpaired) electrons. The van der Waals surface area contributed by atoms with Crippen LogP contribution in [0.3, 0.4) is 0 Å². The van der Waals surface area contributed by atoms with Gasteiger partial charge in [-0.15, -0.1) is 0 Å². The van der Waals surface area contributed by atoms with E-state index in [1.54, 1.807) is 0 Å². The van der Waals surface area contributed by atoms with E-state index in [0.717, 1.165) is 31.9 Å². The molecule has 0 N–H and O–H groups in total. The van der Waals surface area contributed by atoms with Crippen LogP contribution >= 0.6 is 23.2 Å². The highest BCUT2D eigenvalue weighted by atomic mass is 35.5. The molecule has 0 unspecified atom stereocenters. The fourth-order valence-corrected chi connectivity index (χ4v) is 2.14. The van der Waals surface area contributed by atoms with Crippen LogP contribution in [0.5, 0.6) is 0 Å². The van der Waals surface area contributed by atoms with Crippen molar-refractivity contribution in [2.24, 2.45) is 0 Å². The predicted octanol–water partition coefficient (Wildman–Crippen LogP) is 2.91. The standard InChI is InChI=1S/C11H13Cl2N2/c1-14-5-7-15(8-6-14)10-4-2-3-9(12)11(10)13/h2-4H,1,5-8H2. The first-order valence-corrected chi connectivity index (χ1v) is 5.68. The van der Waals surface area contributed by atoms with Gasteiger partial charge < -0.3 is 4.90 Å². The Morgan fingerprint density at radius 1 is 1.07 bits per heavy atom. The number of piperazine rings is 1. The smallest absolute Gasteiger partial charge is 0.0825 e. The van der Waals surface area contributed by atoms with Crippen molar-refractivity contribution in [2.45, 2.75) is 0 Å². The maximum absolute atomic E-state index is 6.16. The zero-order valence-corrected chi connectivity index (χ0v) is 9.93. The molecule has 1 aromatic carbocycles. The van der Waals surface area contributed by atoms with Crippen LogP contribution in [0.15, 0.2) is 18.2 Å². The molecular weight excluding hydrogens is 231 g/mol. The highest BCUT2D eigenvalue weighted by molar-refractivity contribution is 6.43. The lowest BCUT2D eigenvalue weighted by Gasteiger charge is -2.34. The fourth-order valence-electron chi connectivity index (χ4n) is 1.73. The van der Waals surface area contributed by atoms with Gasteiger partial charge in [-0.3, -0.25) is 4.90 Å². The fraction of sp³-hybridized carbons (Fsp3) is 0.364. The van der Waals surface area contributed by atoms with Gasteiger partial charge in [-0.1, -0.05) is 29.3 Å². The summed E-state index contributed by atoms with van der Waals surface area (Å²) >= 11 is 12.1. The Kier molecular flexibility index (Phi) is 3.39. The summed E-state index contributed by atoms with van der Waals surface area (Å²) in [5, 5.41) is 1.27. The van der Waals surface area contributed by atoms with Crippen molar-refractivity contribution in [3.05, 3.63) is 35.3 Å². The molecule has 0 bridgehead atoms. The monoisotopic (exact) mass is 243 g/mol. The number of hydrogen-bond donors (Lipinski definition) is 0. The number of anilines is 1. The maximum atomic E-state index is 6.16. The third-order valence-corrected chi connectivity index (χ3v) is 3.45. The molecule has 2 nitrogen and oxygen atoms in total. The van der Waals surface area contributed by atoms with Gasteiger partial charge in [-0.05, 0) is 12.1 Å². The van der Waals surface area contributed by atoms with E-state index in [2.05, 4.69) is 16.8 Å². The molecule has 81 valence electrons.